The fourth-order valence-corrected chi connectivity index (χ4v) is 4.74. The second-order valence-electron chi connectivity index (χ2n) is 8.44. The molecule has 7 heteroatoms. The minimum Gasteiger partial charge on any atom is -0.493 e. The number of hydrogen-bond acceptors (Lipinski definition) is 4. The van der Waals surface area contributed by atoms with E-state index < -0.39 is 0 Å². The number of nitrogens with zero attached hydrogens (tertiary/aromatic N) is 1. The maximum atomic E-state index is 13.4. The first-order valence-corrected chi connectivity index (χ1v) is 11.6. The maximum absolute atomic E-state index is 13.4. The molecule has 0 saturated heterocycles. The minimum atomic E-state index is -0.298. The quantitative estimate of drug-likeness (QED) is 0.448. The molecule has 4 rings (SSSR count). The number of anilines is 1. The average molecular weight is 481 g/mol. The van der Waals surface area contributed by atoms with Gasteiger partial charge in [0.05, 0.1) is 20.3 Å². The molecule has 0 amide bonds. The van der Waals surface area contributed by atoms with Crippen molar-refractivity contribution in [2.45, 2.75) is 26.3 Å². The lowest BCUT2D eigenvalue weighted by molar-refractivity contribution is 0.190. The molecule has 1 heterocycles. The lowest BCUT2D eigenvalue weighted by atomic mass is 9.92. The van der Waals surface area contributed by atoms with E-state index in [4.69, 9.17) is 26.4 Å². The molecule has 0 spiro atoms. The SMILES string of the molecule is COc1cc2c(cc1OC)C(COc1ccc(F)cc1)N(C(=S)Nc1cc(C)cc(C)c1)CC2. The van der Waals surface area contributed by atoms with Crippen LogP contribution in [0.25, 0.3) is 0 Å². The van der Waals surface area contributed by atoms with Crippen LogP contribution in [0.4, 0.5) is 10.1 Å². The van der Waals surface area contributed by atoms with Crippen molar-refractivity contribution in [3.05, 3.63) is 82.7 Å². The van der Waals surface area contributed by atoms with Crippen molar-refractivity contribution in [1.82, 2.24) is 4.90 Å². The highest BCUT2D eigenvalue weighted by Crippen LogP contribution is 2.38. The van der Waals surface area contributed by atoms with Crippen LogP contribution in [0.3, 0.4) is 0 Å². The van der Waals surface area contributed by atoms with Gasteiger partial charge in [0.25, 0.3) is 0 Å². The summed E-state index contributed by atoms with van der Waals surface area (Å²) in [5, 5.41) is 4.03. The number of aryl methyl sites for hydroxylation is 2. The van der Waals surface area contributed by atoms with Gasteiger partial charge in [-0.15, -0.1) is 0 Å². The van der Waals surface area contributed by atoms with Gasteiger partial charge >= 0.3 is 0 Å². The van der Waals surface area contributed by atoms with Crippen LogP contribution in [0.15, 0.2) is 54.6 Å². The summed E-state index contributed by atoms with van der Waals surface area (Å²) in [6.45, 7) is 5.19. The van der Waals surface area contributed by atoms with Crippen LogP contribution >= 0.6 is 12.2 Å². The first kappa shape index (κ1) is 23.8. The molecule has 3 aromatic rings. The third-order valence-corrected chi connectivity index (χ3v) is 6.29. The van der Waals surface area contributed by atoms with E-state index in [0.29, 0.717) is 29.0 Å². The molecular weight excluding hydrogens is 451 g/mol. The van der Waals surface area contributed by atoms with E-state index in [1.54, 1.807) is 26.4 Å². The smallest absolute Gasteiger partial charge is 0.174 e. The van der Waals surface area contributed by atoms with Crippen LogP contribution in [-0.4, -0.2) is 37.4 Å². The molecule has 5 nitrogen and oxygen atoms in total. The Balaban J connectivity index is 1.65. The van der Waals surface area contributed by atoms with Gasteiger partial charge in [0.2, 0.25) is 0 Å². The van der Waals surface area contributed by atoms with Gasteiger partial charge in [0.1, 0.15) is 18.2 Å². The summed E-state index contributed by atoms with van der Waals surface area (Å²) in [5.41, 5.74) is 5.52. The molecule has 1 aliphatic rings. The van der Waals surface area contributed by atoms with Crippen LogP contribution in [0.1, 0.15) is 28.3 Å². The molecule has 34 heavy (non-hydrogen) atoms. The summed E-state index contributed by atoms with van der Waals surface area (Å²) in [7, 11) is 3.26. The molecule has 178 valence electrons. The van der Waals surface area contributed by atoms with Gasteiger partial charge in [-0.1, -0.05) is 6.07 Å². The van der Waals surface area contributed by atoms with Crippen LogP contribution in [-0.2, 0) is 6.42 Å². The Kier molecular flexibility index (Phi) is 7.22. The summed E-state index contributed by atoms with van der Waals surface area (Å²) < 4.78 is 30.5. The molecule has 1 aliphatic heterocycles. The number of rotatable bonds is 6. The van der Waals surface area contributed by atoms with E-state index in [2.05, 4.69) is 42.3 Å². The molecular formula is C27H29FN2O3S. The van der Waals surface area contributed by atoms with Gasteiger partial charge in [-0.05, 0) is 103 Å². The van der Waals surface area contributed by atoms with Crippen molar-refractivity contribution in [1.29, 1.82) is 0 Å². The number of methoxy groups -OCH3 is 2. The number of benzene rings is 3. The second-order valence-corrected chi connectivity index (χ2v) is 8.82. The predicted molar refractivity (Wildman–Crippen MR) is 137 cm³/mol. The van der Waals surface area contributed by atoms with Crippen LogP contribution in [0, 0.1) is 19.7 Å². The van der Waals surface area contributed by atoms with Gasteiger partial charge in [0, 0.05) is 12.2 Å². The van der Waals surface area contributed by atoms with Gasteiger partial charge in [-0.3, -0.25) is 0 Å². The average Bonchev–Trinajstić information content (AvgIpc) is 2.81. The highest BCUT2D eigenvalue weighted by molar-refractivity contribution is 7.80. The number of ether oxygens (including phenoxy) is 3. The Morgan fingerprint density at radius 3 is 2.29 bits per heavy atom. The van der Waals surface area contributed by atoms with Crippen molar-refractivity contribution in [2.75, 3.05) is 32.7 Å². The van der Waals surface area contributed by atoms with E-state index >= 15 is 0 Å². The number of halogens is 1. The molecule has 0 fully saturated rings. The number of nitrogens with one attached hydrogen (secondary N) is 1. The third-order valence-electron chi connectivity index (χ3n) is 5.96. The zero-order valence-corrected chi connectivity index (χ0v) is 20.7. The molecule has 0 aromatic heterocycles. The number of thiocarbonyl (C=S) groups is 1. The van der Waals surface area contributed by atoms with Gasteiger partial charge < -0.3 is 24.4 Å². The Bertz CT molecular complexity index is 1160. The summed E-state index contributed by atoms with van der Waals surface area (Å²) >= 11 is 5.86. The van der Waals surface area contributed by atoms with Crippen LogP contribution in [0.2, 0.25) is 0 Å². The number of fused-ring (bicyclic) bond motifs is 1. The van der Waals surface area contributed by atoms with E-state index in [0.717, 1.165) is 29.8 Å². The highest BCUT2D eigenvalue weighted by atomic mass is 32.1. The minimum absolute atomic E-state index is 0.167. The van der Waals surface area contributed by atoms with Crippen LogP contribution in [0.5, 0.6) is 17.2 Å². The molecule has 1 atom stereocenters. The molecule has 0 saturated carbocycles. The van der Waals surface area contributed by atoms with Crippen molar-refractivity contribution >= 4 is 23.0 Å². The molecule has 0 bridgehead atoms. The first-order valence-electron chi connectivity index (χ1n) is 11.2. The van der Waals surface area contributed by atoms with E-state index in [1.165, 1.54) is 23.3 Å². The second kappa shape index (κ2) is 10.3. The monoisotopic (exact) mass is 480 g/mol. The summed E-state index contributed by atoms with van der Waals surface area (Å²) in [6.07, 6.45) is 0.803. The third kappa shape index (κ3) is 5.25. The zero-order chi connectivity index (χ0) is 24.2. The molecule has 1 unspecified atom stereocenters. The zero-order valence-electron chi connectivity index (χ0n) is 19.9. The van der Waals surface area contributed by atoms with Gasteiger partial charge in [0.15, 0.2) is 16.6 Å². The first-order chi connectivity index (χ1) is 16.4. The number of hydrogen-bond donors (Lipinski definition) is 1. The topological polar surface area (TPSA) is 43.0 Å². The fourth-order valence-electron chi connectivity index (χ4n) is 4.40. The lowest BCUT2D eigenvalue weighted by Crippen LogP contribution is -2.44. The van der Waals surface area contributed by atoms with Crippen molar-refractivity contribution in [3.63, 3.8) is 0 Å². The van der Waals surface area contributed by atoms with E-state index in [-0.39, 0.29) is 11.9 Å². The lowest BCUT2D eigenvalue weighted by Gasteiger charge is -2.39. The summed E-state index contributed by atoms with van der Waals surface area (Å²) in [5.74, 6) is 1.65. The summed E-state index contributed by atoms with van der Waals surface area (Å²) in [6, 6.07) is 16.2. The largest absolute Gasteiger partial charge is 0.493 e. The molecule has 1 N–H and O–H groups in total. The van der Waals surface area contributed by atoms with E-state index in [9.17, 15) is 4.39 Å². The normalized spacial score (nSPS) is 14.9. The Labute approximate surface area is 205 Å². The van der Waals surface area contributed by atoms with Crippen LogP contribution < -0.4 is 19.5 Å². The highest BCUT2D eigenvalue weighted by Gasteiger charge is 2.31. The van der Waals surface area contributed by atoms with Crippen molar-refractivity contribution in [2.24, 2.45) is 0 Å². The molecule has 0 aliphatic carbocycles. The Morgan fingerprint density at radius 1 is 1.00 bits per heavy atom. The molecule has 0 radical (unpaired) electrons. The van der Waals surface area contributed by atoms with Gasteiger partial charge in [-0.25, -0.2) is 4.39 Å². The Morgan fingerprint density at radius 2 is 1.65 bits per heavy atom. The maximum Gasteiger partial charge on any atom is 0.174 e. The molecule has 3 aromatic carbocycles. The van der Waals surface area contributed by atoms with Crippen molar-refractivity contribution < 1.29 is 18.6 Å². The summed E-state index contributed by atoms with van der Waals surface area (Å²) in [4.78, 5) is 2.14. The predicted octanol–water partition coefficient (Wildman–Crippen LogP) is 5.83. The van der Waals surface area contributed by atoms with Crippen molar-refractivity contribution in [3.8, 4) is 17.2 Å². The van der Waals surface area contributed by atoms with Gasteiger partial charge in [-0.2, -0.15) is 0 Å². The fraction of sp³-hybridized carbons (Fsp3) is 0.296. The Hall–Kier alpha value is -3.32. The van der Waals surface area contributed by atoms with E-state index in [1.807, 2.05) is 12.1 Å². The standard InChI is InChI=1S/C27H29FN2O3S/c1-17-11-18(2)13-21(12-17)29-27(34)30-10-9-19-14-25(31-3)26(32-4)15-23(19)24(30)16-33-22-7-5-20(28)6-8-22/h5-8,11-15,24H,9-10,16H2,1-4H3,(H,29,34).